The van der Waals surface area contributed by atoms with E-state index in [1.54, 1.807) is 34.4 Å². The standard InChI is InChI=1S/C17H17N3O2S2/c1-11-12(2)23-15-8-4-3-7-14(15)20(11)24(21,22)16-10-19-17-13(16)6-5-9-18-17/h3-12H,1-2H3,(H,18,19)/t11-,12+/m1/s1. The number of aromatic amines is 1. The van der Waals surface area contributed by atoms with Gasteiger partial charge in [-0.05, 0) is 31.2 Å². The number of pyridine rings is 1. The molecule has 1 aliphatic heterocycles. The first kappa shape index (κ1) is 15.5. The number of rotatable bonds is 2. The molecule has 3 aromatic rings. The van der Waals surface area contributed by atoms with Crippen molar-refractivity contribution in [3.8, 4) is 0 Å². The number of para-hydroxylation sites is 1. The molecule has 0 unspecified atom stereocenters. The van der Waals surface area contributed by atoms with E-state index in [0.29, 0.717) is 11.0 Å². The van der Waals surface area contributed by atoms with Crippen molar-refractivity contribution in [1.82, 2.24) is 9.97 Å². The summed E-state index contributed by atoms with van der Waals surface area (Å²) in [5, 5.41) is 0.783. The third-order valence-electron chi connectivity index (χ3n) is 4.41. The molecule has 0 saturated carbocycles. The number of thioether (sulfide) groups is 1. The zero-order valence-corrected chi connectivity index (χ0v) is 14.9. The van der Waals surface area contributed by atoms with Gasteiger partial charge in [0, 0.05) is 27.9 Å². The van der Waals surface area contributed by atoms with E-state index >= 15 is 0 Å². The molecule has 0 amide bonds. The fraction of sp³-hybridized carbons (Fsp3) is 0.235. The fourth-order valence-corrected chi connectivity index (χ4v) is 6.25. The Morgan fingerprint density at radius 3 is 2.79 bits per heavy atom. The smallest absolute Gasteiger partial charge is 0.266 e. The Kier molecular flexibility index (Phi) is 3.58. The molecule has 2 aromatic heterocycles. The molecule has 0 radical (unpaired) electrons. The number of aromatic nitrogens is 2. The number of H-pyrrole nitrogens is 1. The van der Waals surface area contributed by atoms with Crippen LogP contribution in [0.2, 0.25) is 0 Å². The van der Waals surface area contributed by atoms with E-state index in [4.69, 9.17) is 0 Å². The number of sulfonamides is 1. The van der Waals surface area contributed by atoms with Crippen LogP contribution in [0, 0.1) is 0 Å². The SMILES string of the molecule is C[C@@H]1Sc2ccccc2N(S(=O)(=O)c2c[nH]c3ncccc23)[C@@H]1C. The van der Waals surface area contributed by atoms with Crippen LogP contribution >= 0.6 is 11.8 Å². The lowest BCUT2D eigenvalue weighted by Crippen LogP contribution is -2.45. The lowest BCUT2D eigenvalue weighted by Gasteiger charge is -2.39. The van der Waals surface area contributed by atoms with Gasteiger partial charge in [-0.3, -0.25) is 4.31 Å². The van der Waals surface area contributed by atoms with E-state index in [9.17, 15) is 8.42 Å². The summed E-state index contributed by atoms with van der Waals surface area (Å²) < 4.78 is 28.5. The second-order valence-corrected chi connectivity index (χ2v) is 9.09. The molecule has 5 nitrogen and oxygen atoms in total. The number of hydrogen-bond donors (Lipinski definition) is 1. The van der Waals surface area contributed by atoms with E-state index in [1.807, 2.05) is 31.2 Å². The molecule has 4 rings (SSSR count). The van der Waals surface area contributed by atoms with Crippen molar-refractivity contribution in [2.45, 2.75) is 34.9 Å². The molecule has 0 fully saturated rings. The Morgan fingerprint density at radius 2 is 1.96 bits per heavy atom. The minimum absolute atomic E-state index is 0.142. The Balaban J connectivity index is 1.93. The van der Waals surface area contributed by atoms with Crippen molar-refractivity contribution in [3.63, 3.8) is 0 Å². The maximum Gasteiger partial charge on any atom is 0.266 e. The van der Waals surface area contributed by atoms with Crippen LogP contribution in [0.25, 0.3) is 11.0 Å². The van der Waals surface area contributed by atoms with Gasteiger partial charge in [-0.15, -0.1) is 11.8 Å². The number of hydrogen-bond acceptors (Lipinski definition) is 4. The minimum atomic E-state index is -3.69. The van der Waals surface area contributed by atoms with Crippen molar-refractivity contribution in [3.05, 3.63) is 48.8 Å². The van der Waals surface area contributed by atoms with Crippen LogP contribution in [-0.2, 0) is 10.0 Å². The Hall–Kier alpha value is -1.99. The lowest BCUT2D eigenvalue weighted by atomic mass is 10.2. The molecular weight excluding hydrogens is 342 g/mol. The normalized spacial score (nSPS) is 21.0. The zero-order chi connectivity index (χ0) is 16.9. The molecule has 3 heterocycles. The summed E-state index contributed by atoms with van der Waals surface area (Å²) in [6.07, 6.45) is 3.18. The van der Waals surface area contributed by atoms with Crippen LogP contribution in [0.15, 0.2) is 58.6 Å². The Labute approximate surface area is 145 Å². The van der Waals surface area contributed by atoms with Gasteiger partial charge in [0.15, 0.2) is 0 Å². The number of nitrogens with one attached hydrogen (secondary N) is 1. The number of anilines is 1. The highest BCUT2D eigenvalue weighted by molar-refractivity contribution is 8.00. The topological polar surface area (TPSA) is 66.1 Å². The Bertz CT molecular complexity index is 1010. The molecule has 1 N–H and O–H groups in total. The van der Waals surface area contributed by atoms with Gasteiger partial charge in [-0.25, -0.2) is 13.4 Å². The second-order valence-electron chi connectivity index (χ2n) is 5.88. The molecule has 0 aliphatic carbocycles. The highest BCUT2D eigenvalue weighted by Crippen LogP contribution is 2.44. The first-order valence-electron chi connectivity index (χ1n) is 7.72. The number of fused-ring (bicyclic) bond motifs is 2. The van der Waals surface area contributed by atoms with Gasteiger partial charge in [-0.1, -0.05) is 19.1 Å². The van der Waals surface area contributed by atoms with Gasteiger partial charge in [0.2, 0.25) is 0 Å². The predicted molar refractivity (Wildman–Crippen MR) is 97.0 cm³/mol. The van der Waals surface area contributed by atoms with Gasteiger partial charge >= 0.3 is 0 Å². The van der Waals surface area contributed by atoms with Crippen molar-refractivity contribution in [2.75, 3.05) is 4.31 Å². The highest BCUT2D eigenvalue weighted by Gasteiger charge is 2.38. The third-order valence-corrected chi connectivity index (χ3v) is 7.72. The zero-order valence-electron chi connectivity index (χ0n) is 13.3. The summed E-state index contributed by atoms with van der Waals surface area (Å²) in [5.74, 6) is 0. The molecular formula is C17H17N3O2S2. The average molecular weight is 359 g/mol. The predicted octanol–water partition coefficient (Wildman–Crippen LogP) is 3.64. The van der Waals surface area contributed by atoms with E-state index in [2.05, 4.69) is 16.9 Å². The van der Waals surface area contributed by atoms with Crippen LogP contribution in [0.3, 0.4) is 0 Å². The van der Waals surface area contributed by atoms with E-state index in [0.717, 1.165) is 10.6 Å². The fourth-order valence-electron chi connectivity index (χ4n) is 3.05. The molecule has 7 heteroatoms. The molecule has 124 valence electrons. The molecule has 0 bridgehead atoms. The summed E-state index contributed by atoms with van der Waals surface area (Å²) in [6.45, 7) is 4.02. The molecule has 0 saturated heterocycles. The molecule has 24 heavy (non-hydrogen) atoms. The maximum atomic E-state index is 13.4. The van der Waals surface area contributed by atoms with Gasteiger partial charge < -0.3 is 4.98 Å². The first-order chi connectivity index (χ1) is 11.5. The van der Waals surface area contributed by atoms with Crippen LogP contribution in [0.1, 0.15) is 13.8 Å². The summed E-state index contributed by atoms with van der Waals surface area (Å²) in [6, 6.07) is 11.1. The van der Waals surface area contributed by atoms with Gasteiger partial charge in [0.05, 0.1) is 11.7 Å². The number of benzene rings is 1. The molecule has 1 aliphatic rings. The van der Waals surface area contributed by atoms with Crippen molar-refractivity contribution in [1.29, 1.82) is 0 Å². The monoisotopic (exact) mass is 359 g/mol. The quantitative estimate of drug-likeness (QED) is 0.759. The first-order valence-corrected chi connectivity index (χ1v) is 10.0. The Morgan fingerprint density at radius 1 is 1.17 bits per heavy atom. The minimum Gasteiger partial charge on any atom is -0.345 e. The van der Waals surface area contributed by atoms with Gasteiger partial charge in [0.25, 0.3) is 10.0 Å². The third kappa shape index (κ3) is 2.22. The molecule has 2 atom stereocenters. The van der Waals surface area contributed by atoms with Crippen LogP contribution < -0.4 is 4.31 Å². The molecule has 0 spiro atoms. The average Bonchev–Trinajstić information content (AvgIpc) is 3.00. The van der Waals surface area contributed by atoms with Crippen molar-refractivity contribution < 1.29 is 8.42 Å². The largest absolute Gasteiger partial charge is 0.345 e. The van der Waals surface area contributed by atoms with Crippen LogP contribution in [0.5, 0.6) is 0 Å². The summed E-state index contributed by atoms with van der Waals surface area (Å²) in [5.41, 5.74) is 1.32. The molecule has 1 aromatic carbocycles. The summed E-state index contributed by atoms with van der Waals surface area (Å²) in [7, 11) is -3.69. The number of nitrogens with zero attached hydrogens (tertiary/aromatic N) is 2. The van der Waals surface area contributed by atoms with Crippen molar-refractivity contribution in [2.24, 2.45) is 0 Å². The van der Waals surface area contributed by atoms with Gasteiger partial charge in [-0.2, -0.15) is 0 Å². The lowest BCUT2D eigenvalue weighted by molar-refractivity contribution is 0.577. The van der Waals surface area contributed by atoms with E-state index in [1.165, 1.54) is 6.20 Å². The van der Waals surface area contributed by atoms with E-state index in [-0.39, 0.29) is 16.2 Å². The van der Waals surface area contributed by atoms with Crippen LogP contribution in [-0.4, -0.2) is 29.7 Å². The summed E-state index contributed by atoms with van der Waals surface area (Å²) in [4.78, 5) is 8.42. The van der Waals surface area contributed by atoms with Crippen molar-refractivity contribution >= 4 is 38.5 Å². The second kappa shape index (κ2) is 5.53. The highest BCUT2D eigenvalue weighted by atomic mass is 32.2. The van der Waals surface area contributed by atoms with Gasteiger partial charge in [0.1, 0.15) is 10.5 Å². The maximum absolute atomic E-state index is 13.4. The van der Waals surface area contributed by atoms with Crippen LogP contribution in [0.4, 0.5) is 5.69 Å². The summed E-state index contributed by atoms with van der Waals surface area (Å²) >= 11 is 1.71. The van der Waals surface area contributed by atoms with E-state index < -0.39 is 10.0 Å².